The van der Waals surface area contributed by atoms with E-state index >= 15 is 0 Å². The van der Waals surface area contributed by atoms with Gasteiger partial charge in [0.25, 0.3) is 0 Å². The summed E-state index contributed by atoms with van der Waals surface area (Å²) in [5.41, 5.74) is 6.31. The minimum atomic E-state index is -3.71. The van der Waals surface area contributed by atoms with Crippen LogP contribution in [0.4, 0.5) is 5.69 Å². The Hall–Kier alpha value is -1.31. The lowest BCUT2D eigenvalue weighted by molar-refractivity contribution is -0.120. The van der Waals surface area contributed by atoms with Crippen LogP contribution in [-0.2, 0) is 14.8 Å². The van der Waals surface area contributed by atoms with Gasteiger partial charge in [-0.15, -0.1) is 0 Å². The highest BCUT2D eigenvalue weighted by Crippen LogP contribution is 2.25. The lowest BCUT2D eigenvalue weighted by Crippen LogP contribution is -2.31. The van der Waals surface area contributed by atoms with Crippen LogP contribution in [-0.4, -0.2) is 27.4 Å². The zero-order valence-corrected chi connectivity index (χ0v) is 12.9. The van der Waals surface area contributed by atoms with Crippen LogP contribution in [0.3, 0.4) is 0 Å². The van der Waals surface area contributed by atoms with Gasteiger partial charge >= 0.3 is 0 Å². The number of hydrogen-bond acceptors (Lipinski definition) is 4. The highest BCUT2D eigenvalue weighted by atomic mass is 35.5. The van der Waals surface area contributed by atoms with Crippen molar-refractivity contribution in [3.8, 4) is 0 Å². The first kappa shape index (κ1) is 16.7. The fourth-order valence-electron chi connectivity index (χ4n) is 1.62. The number of anilines is 1. The van der Waals surface area contributed by atoms with Crippen molar-refractivity contribution in [1.29, 1.82) is 0 Å². The number of nitrogens with two attached hydrogens (primary N) is 1. The second-order valence-corrected chi connectivity index (χ2v) is 6.38. The topological polar surface area (TPSA) is 101 Å². The molecule has 0 atom stereocenters. The van der Waals surface area contributed by atoms with Gasteiger partial charge < -0.3 is 11.1 Å². The van der Waals surface area contributed by atoms with Gasteiger partial charge in [0.1, 0.15) is 0 Å². The summed E-state index contributed by atoms with van der Waals surface area (Å²) >= 11 is 5.82. The van der Waals surface area contributed by atoms with Gasteiger partial charge in [-0.05, 0) is 31.5 Å². The minimum absolute atomic E-state index is 0.0239. The maximum atomic E-state index is 12.1. The molecular formula is C12H18ClN3O3S. The zero-order chi connectivity index (χ0) is 15.3. The minimum Gasteiger partial charge on any atom is -0.397 e. The summed E-state index contributed by atoms with van der Waals surface area (Å²) in [5, 5.41) is 2.90. The number of hydrogen-bond donors (Lipinski definition) is 3. The van der Waals surface area contributed by atoms with E-state index < -0.39 is 10.0 Å². The van der Waals surface area contributed by atoms with Gasteiger partial charge in [-0.25, -0.2) is 13.1 Å². The van der Waals surface area contributed by atoms with Crippen LogP contribution in [0.5, 0.6) is 0 Å². The molecule has 4 N–H and O–H groups in total. The zero-order valence-electron chi connectivity index (χ0n) is 11.4. The number of nitrogens with one attached hydrogen (secondary N) is 2. The third-order valence-corrected chi connectivity index (χ3v) is 4.53. The molecule has 0 bridgehead atoms. The van der Waals surface area contributed by atoms with Crippen LogP contribution in [0, 0.1) is 6.92 Å². The second kappa shape index (κ2) is 6.92. The van der Waals surface area contributed by atoms with E-state index in [-0.39, 0.29) is 29.5 Å². The molecule has 1 aromatic rings. The molecule has 20 heavy (non-hydrogen) atoms. The van der Waals surface area contributed by atoms with E-state index in [1.807, 2.05) is 0 Å². The van der Waals surface area contributed by atoms with Gasteiger partial charge in [0.2, 0.25) is 15.9 Å². The summed E-state index contributed by atoms with van der Waals surface area (Å²) in [6.07, 6.45) is 0.0786. The molecular weight excluding hydrogens is 302 g/mol. The SMILES string of the molecule is CCNC(=O)CCNS(=O)(=O)c1cc(N)c(Cl)cc1C. The molecule has 0 fully saturated rings. The maximum Gasteiger partial charge on any atom is 0.240 e. The molecule has 112 valence electrons. The van der Waals surface area contributed by atoms with E-state index in [9.17, 15) is 13.2 Å². The van der Waals surface area contributed by atoms with Crippen molar-refractivity contribution in [2.24, 2.45) is 0 Å². The van der Waals surface area contributed by atoms with E-state index in [0.717, 1.165) is 0 Å². The van der Waals surface area contributed by atoms with Gasteiger partial charge in [-0.2, -0.15) is 0 Å². The third kappa shape index (κ3) is 4.36. The van der Waals surface area contributed by atoms with Crippen molar-refractivity contribution < 1.29 is 13.2 Å². The average molecular weight is 320 g/mol. The normalized spacial score (nSPS) is 11.3. The van der Waals surface area contributed by atoms with Crippen molar-refractivity contribution in [1.82, 2.24) is 10.0 Å². The van der Waals surface area contributed by atoms with Crippen LogP contribution < -0.4 is 15.8 Å². The Morgan fingerprint density at radius 3 is 2.65 bits per heavy atom. The number of halogens is 1. The standard InChI is InChI=1S/C12H18ClN3O3S/c1-3-15-12(17)4-5-16-20(18,19)11-7-10(14)9(13)6-8(11)2/h6-7,16H,3-5,14H2,1-2H3,(H,15,17). The molecule has 0 aromatic heterocycles. The van der Waals surface area contributed by atoms with E-state index in [2.05, 4.69) is 10.0 Å². The fourth-order valence-corrected chi connectivity index (χ4v) is 3.13. The molecule has 0 unspecified atom stereocenters. The first-order valence-electron chi connectivity index (χ1n) is 6.10. The Bertz CT molecular complexity index is 602. The average Bonchev–Trinajstić information content (AvgIpc) is 2.33. The van der Waals surface area contributed by atoms with E-state index in [1.165, 1.54) is 12.1 Å². The van der Waals surface area contributed by atoms with Crippen molar-refractivity contribution in [2.75, 3.05) is 18.8 Å². The molecule has 1 rings (SSSR count). The number of benzene rings is 1. The Kier molecular flexibility index (Phi) is 5.79. The summed E-state index contributed by atoms with van der Waals surface area (Å²) in [5.74, 6) is -0.206. The van der Waals surface area contributed by atoms with Gasteiger partial charge in [-0.3, -0.25) is 4.79 Å². The molecule has 0 saturated carbocycles. The van der Waals surface area contributed by atoms with Crippen molar-refractivity contribution in [2.45, 2.75) is 25.2 Å². The largest absolute Gasteiger partial charge is 0.397 e. The second-order valence-electron chi connectivity index (χ2n) is 4.24. The van der Waals surface area contributed by atoms with Crippen LogP contribution in [0.25, 0.3) is 0 Å². The Morgan fingerprint density at radius 2 is 2.05 bits per heavy atom. The molecule has 6 nitrogen and oxygen atoms in total. The molecule has 0 heterocycles. The number of sulfonamides is 1. The number of aryl methyl sites for hydroxylation is 1. The van der Waals surface area contributed by atoms with Gasteiger partial charge in [0.15, 0.2) is 0 Å². The third-order valence-electron chi connectivity index (χ3n) is 2.60. The van der Waals surface area contributed by atoms with Crippen molar-refractivity contribution in [3.63, 3.8) is 0 Å². The lowest BCUT2D eigenvalue weighted by atomic mass is 10.2. The molecule has 0 aliphatic rings. The number of carbonyl (C=O) groups is 1. The first-order valence-corrected chi connectivity index (χ1v) is 7.96. The smallest absolute Gasteiger partial charge is 0.240 e. The predicted octanol–water partition coefficient (Wildman–Crippen LogP) is 1.04. The highest BCUT2D eigenvalue weighted by molar-refractivity contribution is 7.89. The van der Waals surface area contributed by atoms with Gasteiger partial charge in [-0.1, -0.05) is 11.6 Å². The molecule has 0 aliphatic heterocycles. The number of rotatable bonds is 6. The molecule has 0 aliphatic carbocycles. The Morgan fingerprint density at radius 1 is 1.40 bits per heavy atom. The van der Waals surface area contributed by atoms with E-state index in [0.29, 0.717) is 17.1 Å². The molecule has 0 saturated heterocycles. The number of amides is 1. The number of nitrogen functional groups attached to an aromatic ring is 1. The highest BCUT2D eigenvalue weighted by Gasteiger charge is 2.18. The van der Waals surface area contributed by atoms with E-state index in [1.54, 1.807) is 13.8 Å². The fraction of sp³-hybridized carbons (Fsp3) is 0.417. The first-order chi connectivity index (χ1) is 9.27. The quantitative estimate of drug-likeness (QED) is 0.682. The molecule has 1 amide bonds. The summed E-state index contributed by atoms with van der Waals surface area (Å²) in [6.45, 7) is 3.96. The summed E-state index contributed by atoms with van der Waals surface area (Å²) in [4.78, 5) is 11.3. The summed E-state index contributed by atoms with van der Waals surface area (Å²) in [7, 11) is -3.71. The molecule has 0 radical (unpaired) electrons. The Balaban J connectivity index is 2.79. The van der Waals surface area contributed by atoms with Crippen molar-refractivity contribution in [3.05, 3.63) is 22.7 Å². The van der Waals surface area contributed by atoms with Crippen molar-refractivity contribution >= 4 is 33.2 Å². The van der Waals surface area contributed by atoms with Crippen LogP contribution in [0.2, 0.25) is 5.02 Å². The number of carbonyl (C=O) groups excluding carboxylic acids is 1. The van der Waals surface area contributed by atoms with E-state index in [4.69, 9.17) is 17.3 Å². The molecule has 8 heteroatoms. The summed E-state index contributed by atoms with van der Waals surface area (Å²) < 4.78 is 26.6. The van der Waals surface area contributed by atoms with Crippen LogP contribution >= 0.6 is 11.6 Å². The van der Waals surface area contributed by atoms with Gasteiger partial charge in [0, 0.05) is 19.5 Å². The Labute approximate surface area is 123 Å². The van der Waals surface area contributed by atoms with Crippen LogP contribution in [0.15, 0.2) is 17.0 Å². The molecule has 1 aromatic carbocycles. The lowest BCUT2D eigenvalue weighted by Gasteiger charge is -2.11. The predicted molar refractivity (Wildman–Crippen MR) is 79.1 cm³/mol. The van der Waals surface area contributed by atoms with Gasteiger partial charge in [0.05, 0.1) is 15.6 Å². The van der Waals surface area contributed by atoms with Crippen LogP contribution in [0.1, 0.15) is 18.9 Å². The summed E-state index contributed by atoms with van der Waals surface area (Å²) in [6, 6.07) is 2.81. The maximum absolute atomic E-state index is 12.1. The molecule has 0 spiro atoms. The monoisotopic (exact) mass is 319 g/mol.